The lowest BCUT2D eigenvalue weighted by Crippen LogP contribution is -2.60. The lowest BCUT2D eigenvalue weighted by atomic mass is 10.3. The Bertz CT molecular complexity index is 446. The number of carbonyl (C=O) groups excluding carboxylic acids is 1. The molecule has 126 valence electrons. The molecule has 1 amide bonds. The number of ether oxygens (including phenoxy) is 2. The zero-order valence-electron chi connectivity index (χ0n) is 11.2. The summed E-state index contributed by atoms with van der Waals surface area (Å²) >= 11 is 0. The van der Waals surface area contributed by atoms with Crippen LogP contribution in [0.3, 0.4) is 0 Å². The van der Waals surface area contributed by atoms with Gasteiger partial charge in [-0.05, 0) is 0 Å². The van der Waals surface area contributed by atoms with Crippen molar-refractivity contribution in [1.82, 2.24) is 4.90 Å². The monoisotopic (exact) mass is 341 g/mol. The van der Waals surface area contributed by atoms with E-state index in [0.717, 1.165) is 0 Å². The molecule has 0 aliphatic rings. The van der Waals surface area contributed by atoms with Gasteiger partial charge in [0.1, 0.15) is 0 Å². The van der Waals surface area contributed by atoms with E-state index in [2.05, 4.69) is 9.47 Å². The van der Waals surface area contributed by atoms with E-state index >= 15 is 0 Å². The maximum absolute atomic E-state index is 13.9. The van der Waals surface area contributed by atoms with Crippen LogP contribution in [0.1, 0.15) is 0 Å². The second-order valence-corrected chi connectivity index (χ2v) is 5.36. The van der Waals surface area contributed by atoms with E-state index in [-0.39, 0.29) is 18.1 Å². The number of hydrogen-bond donors (Lipinski definition) is 1. The number of nitrogens with zero attached hydrogens (tertiary/aromatic N) is 1. The minimum atomic E-state index is -6.38. The van der Waals surface area contributed by atoms with E-state index in [9.17, 15) is 30.8 Å². The van der Waals surface area contributed by atoms with Crippen LogP contribution < -0.4 is 0 Å². The molecular formula is C9H15F4NO6S. The number of hydrogen-bond acceptors (Lipinski definition) is 5. The average Bonchev–Trinajstić information content (AvgIpc) is 2.34. The molecule has 0 aromatic carbocycles. The molecule has 1 N–H and O–H groups in total. The zero-order valence-corrected chi connectivity index (χ0v) is 12.0. The molecule has 0 saturated carbocycles. The molecule has 0 rings (SSSR count). The van der Waals surface area contributed by atoms with E-state index in [1.54, 1.807) is 0 Å². The average molecular weight is 341 g/mol. The van der Waals surface area contributed by atoms with Gasteiger partial charge in [0.2, 0.25) is 0 Å². The Morgan fingerprint density at radius 3 is 1.71 bits per heavy atom. The molecule has 21 heavy (non-hydrogen) atoms. The molecule has 0 aromatic rings. The number of halogens is 4. The highest BCUT2D eigenvalue weighted by Gasteiger charge is 2.72. The Labute approximate surface area is 118 Å². The molecular weight excluding hydrogens is 326 g/mol. The van der Waals surface area contributed by atoms with Crippen molar-refractivity contribution in [3.05, 3.63) is 0 Å². The Kier molecular flexibility index (Phi) is 6.99. The first-order chi connectivity index (χ1) is 9.43. The summed E-state index contributed by atoms with van der Waals surface area (Å²) in [5, 5.41) is -5.44. The van der Waals surface area contributed by atoms with Gasteiger partial charge in [-0.2, -0.15) is 21.6 Å². The van der Waals surface area contributed by atoms with Gasteiger partial charge in [0.15, 0.2) is 0 Å². The minimum Gasteiger partial charge on any atom is -0.383 e. The van der Waals surface area contributed by atoms with E-state index in [1.807, 2.05) is 0 Å². The number of amides is 1. The summed E-state index contributed by atoms with van der Waals surface area (Å²) in [6, 6.07) is 0. The molecule has 0 heterocycles. The van der Waals surface area contributed by atoms with E-state index < -0.39 is 40.3 Å². The van der Waals surface area contributed by atoms with E-state index in [4.69, 9.17) is 4.55 Å². The van der Waals surface area contributed by atoms with Crippen molar-refractivity contribution in [2.24, 2.45) is 0 Å². The second-order valence-electron chi connectivity index (χ2n) is 3.85. The summed E-state index contributed by atoms with van der Waals surface area (Å²) in [5.41, 5.74) is 0. The van der Waals surface area contributed by atoms with Gasteiger partial charge < -0.3 is 14.4 Å². The van der Waals surface area contributed by atoms with Crippen molar-refractivity contribution in [1.29, 1.82) is 0 Å². The third-order valence-electron chi connectivity index (χ3n) is 2.41. The number of rotatable bonds is 8. The highest BCUT2D eigenvalue weighted by molar-refractivity contribution is 7.88. The molecule has 0 saturated heterocycles. The zero-order chi connectivity index (χ0) is 16.9. The fourth-order valence-corrected chi connectivity index (χ4v) is 1.94. The molecule has 1 atom stereocenters. The standard InChI is InChI=1S/C9H15F4NO6S/c1-19-5-3-14(4-6-20-2)7(15)8(10,9(11,12)13)21(16,17)18/h3-6H2,1-2H3,(H,16,17,18). The van der Waals surface area contributed by atoms with Gasteiger partial charge in [-0.3, -0.25) is 9.35 Å². The van der Waals surface area contributed by atoms with Gasteiger partial charge in [0.05, 0.1) is 13.2 Å². The quantitative estimate of drug-likeness (QED) is 0.502. The fraction of sp³-hybridized carbons (Fsp3) is 0.889. The smallest absolute Gasteiger partial charge is 0.383 e. The highest BCUT2D eigenvalue weighted by atomic mass is 32.2. The number of carbonyl (C=O) groups is 1. The van der Waals surface area contributed by atoms with Gasteiger partial charge in [0, 0.05) is 27.3 Å². The van der Waals surface area contributed by atoms with Crippen LogP contribution in [0, 0.1) is 0 Å². The first kappa shape index (κ1) is 20.0. The van der Waals surface area contributed by atoms with Crippen molar-refractivity contribution in [3.63, 3.8) is 0 Å². The van der Waals surface area contributed by atoms with E-state index in [0.29, 0.717) is 0 Å². The maximum atomic E-state index is 13.9. The second kappa shape index (κ2) is 7.33. The van der Waals surface area contributed by atoms with Crippen LogP contribution in [0.15, 0.2) is 0 Å². The van der Waals surface area contributed by atoms with Crippen molar-refractivity contribution in [2.75, 3.05) is 40.5 Å². The van der Waals surface area contributed by atoms with Crippen molar-refractivity contribution < 1.29 is 44.8 Å². The molecule has 0 aliphatic carbocycles. The maximum Gasteiger partial charge on any atom is 0.449 e. The summed E-state index contributed by atoms with van der Waals surface area (Å²) in [6.07, 6.45) is -6.14. The molecule has 12 heteroatoms. The summed E-state index contributed by atoms with van der Waals surface area (Å²) in [5.74, 6) is -2.45. The van der Waals surface area contributed by atoms with Gasteiger partial charge in [0.25, 0.3) is 5.91 Å². The molecule has 0 fully saturated rings. The Morgan fingerprint density at radius 1 is 1.10 bits per heavy atom. The molecule has 0 bridgehead atoms. The lowest BCUT2D eigenvalue weighted by molar-refractivity contribution is -0.208. The number of methoxy groups -OCH3 is 2. The van der Waals surface area contributed by atoms with E-state index in [1.165, 1.54) is 14.2 Å². The number of alkyl halides is 4. The van der Waals surface area contributed by atoms with Crippen molar-refractivity contribution in [2.45, 2.75) is 11.2 Å². The minimum absolute atomic E-state index is 0.244. The molecule has 0 aromatic heterocycles. The molecule has 7 nitrogen and oxygen atoms in total. The van der Waals surface area contributed by atoms with Crippen LogP contribution in [0.4, 0.5) is 17.6 Å². The molecule has 1 unspecified atom stereocenters. The van der Waals surface area contributed by atoms with Crippen LogP contribution in [0.25, 0.3) is 0 Å². The van der Waals surface area contributed by atoms with Crippen molar-refractivity contribution in [3.8, 4) is 0 Å². The van der Waals surface area contributed by atoms with Gasteiger partial charge in [-0.1, -0.05) is 0 Å². The topological polar surface area (TPSA) is 93.1 Å². The summed E-state index contributed by atoms with van der Waals surface area (Å²) in [6.45, 7) is -1.57. The lowest BCUT2D eigenvalue weighted by Gasteiger charge is -2.30. The normalized spacial score (nSPS) is 15.6. The van der Waals surface area contributed by atoms with Crippen LogP contribution in [0.5, 0.6) is 0 Å². The Hall–Kier alpha value is -0.980. The summed E-state index contributed by atoms with van der Waals surface area (Å²) in [4.78, 5) is 11.9. The summed E-state index contributed by atoms with van der Waals surface area (Å²) < 4.78 is 90.8. The third-order valence-corrected chi connectivity index (χ3v) is 3.53. The summed E-state index contributed by atoms with van der Waals surface area (Å²) in [7, 11) is -4.03. The van der Waals surface area contributed by atoms with Crippen LogP contribution >= 0.6 is 0 Å². The Balaban J connectivity index is 5.61. The largest absolute Gasteiger partial charge is 0.449 e. The highest BCUT2D eigenvalue weighted by Crippen LogP contribution is 2.39. The molecule has 0 aliphatic heterocycles. The molecule has 0 spiro atoms. The fourth-order valence-electron chi connectivity index (χ4n) is 1.30. The van der Waals surface area contributed by atoms with Gasteiger partial charge >= 0.3 is 21.3 Å². The first-order valence-corrected chi connectivity index (χ1v) is 6.87. The Morgan fingerprint density at radius 2 is 1.48 bits per heavy atom. The molecule has 0 radical (unpaired) electrons. The third kappa shape index (κ3) is 4.49. The van der Waals surface area contributed by atoms with Gasteiger partial charge in [-0.25, -0.2) is 4.39 Å². The van der Waals surface area contributed by atoms with Gasteiger partial charge in [-0.15, -0.1) is 0 Å². The first-order valence-electron chi connectivity index (χ1n) is 5.43. The van der Waals surface area contributed by atoms with Crippen molar-refractivity contribution >= 4 is 16.0 Å². The van der Waals surface area contributed by atoms with Crippen LogP contribution in [-0.2, 0) is 24.4 Å². The SMILES string of the molecule is COCCN(CCOC)C(=O)C(F)(C(F)(F)F)S(=O)(=O)O. The van der Waals surface area contributed by atoms with Crippen LogP contribution in [-0.4, -0.2) is 75.5 Å². The van der Waals surface area contributed by atoms with Crippen LogP contribution in [0.2, 0.25) is 0 Å². The predicted octanol–water partition coefficient (Wildman–Crippen LogP) is 0.224. The predicted molar refractivity (Wildman–Crippen MR) is 61.8 cm³/mol.